The fourth-order valence-corrected chi connectivity index (χ4v) is 1.84. The van der Waals surface area contributed by atoms with Crippen molar-refractivity contribution in [3.05, 3.63) is 42.0 Å². The Labute approximate surface area is 99.5 Å². The van der Waals surface area contributed by atoms with Crippen molar-refractivity contribution in [3.8, 4) is 11.3 Å². The van der Waals surface area contributed by atoms with Crippen molar-refractivity contribution in [3.63, 3.8) is 0 Å². The van der Waals surface area contributed by atoms with Gasteiger partial charge in [-0.1, -0.05) is 26.0 Å². The van der Waals surface area contributed by atoms with E-state index in [4.69, 9.17) is 5.73 Å². The van der Waals surface area contributed by atoms with E-state index in [1.807, 2.05) is 19.9 Å². The van der Waals surface area contributed by atoms with Crippen LogP contribution in [0.15, 0.2) is 30.6 Å². The third kappa shape index (κ3) is 2.25. The molecule has 0 spiro atoms. The van der Waals surface area contributed by atoms with Gasteiger partial charge in [0.1, 0.15) is 18.0 Å². The maximum atomic E-state index is 13.2. The fraction of sp³-hybridized carbons (Fsp3) is 0.231. The number of benzene rings is 1. The monoisotopic (exact) mass is 231 g/mol. The van der Waals surface area contributed by atoms with E-state index in [-0.39, 0.29) is 11.7 Å². The summed E-state index contributed by atoms with van der Waals surface area (Å²) in [5.41, 5.74) is 8.14. The highest BCUT2D eigenvalue weighted by Gasteiger charge is 2.14. The van der Waals surface area contributed by atoms with E-state index >= 15 is 0 Å². The molecule has 0 saturated carbocycles. The van der Waals surface area contributed by atoms with Gasteiger partial charge in [-0.25, -0.2) is 14.4 Å². The molecular weight excluding hydrogens is 217 g/mol. The van der Waals surface area contributed by atoms with Gasteiger partial charge in [0.25, 0.3) is 0 Å². The molecule has 0 radical (unpaired) electrons. The quantitative estimate of drug-likeness (QED) is 0.864. The molecule has 2 N–H and O–H groups in total. The summed E-state index contributed by atoms with van der Waals surface area (Å²) >= 11 is 0. The van der Waals surface area contributed by atoms with Crippen LogP contribution >= 0.6 is 0 Å². The Hall–Kier alpha value is -1.97. The highest BCUT2D eigenvalue weighted by molar-refractivity contribution is 5.68. The first-order valence-electron chi connectivity index (χ1n) is 5.46. The van der Waals surface area contributed by atoms with E-state index < -0.39 is 0 Å². The molecule has 0 aliphatic carbocycles. The molecule has 0 unspecified atom stereocenters. The molecule has 3 nitrogen and oxygen atoms in total. The van der Waals surface area contributed by atoms with Crippen molar-refractivity contribution < 1.29 is 4.39 Å². The molecule has 1 heterocycles. The second kappa shape index (κ2) is 4.49. The van der Waals surface area contributed by atoms with Crippen LogP contribution in [0.3, 0.4) is 0 Å². The highest BCUT2D eigenvalue weighted by atomic mass is 19.1. The maximum absolute atomic E-state index is 13.2. The van der Waals surface area contributed by atoms with Gasteiger partial charge in [0.05, 0.1) is 5.69 Å². The van der Waals surface area contributed by atoms with Gasteiger partial charge in [0, 0.05) is 11.1 Å². The summed E-state index contributed by atoms with van der Waals surface area (Å²) in [7, 11) is 0. The van der Waals surface area contributed by atoms with E-state index in [0.717, 1.165) is 11.1 Å². The van der Waals surface area contributed by atoms with Gasteiger partial charge in [-0.05, 0) is 18.1 Å². The number of hydrogen-bond acceptors (Lipinski definition) is 3. The standard InChI is InChI=1S/C13H14FN3/c1-8(2)11-12(16-7-17-13(11)15)9-4-3-5-10(14)6-9/h3-8H,1-2H3,(H2,15,16,17). The first kappa shape index (κ1) is 11.5. The predicted octanol–water partition coefficient (Wildman–Crippen LogP) is 2.99. The Balaban J connectivity index is 2.63. The predicted molar refractivity (Wildman–Crippen MR) is 65.9 cm³/mol. The fourth-order valence-electron chi connectivity index (χ4n) is 1.84. The van der Waals surface area contributed by atoms with Gasteiger partial charge < -0.3 is 5.73 Å². The van der Waals surface area contributed by atoms with Gasteiger partial charge in [-0.2, -0.15) is 0 Å². The molecule has 0 bridgehead atoms. The number of anilines is 1. The van der Waals surface area contributed by atoms with Crippen LogP contribution in [-0.2, 0) is 0 Å². The van der Waals surface area contributed by atoms with Gasteiger partial charge in [0.15, 0.2) is 0 Å². The minimum atomic E-state index is -0.283. The Bertz CT molecular complexity index is 538. The third-order valence-corrected chi connectivity index (χ3v) is 2.59. The van der Waals surface area contributed by atoms with Crippen LogP contribution in [0.1, 0.15) is 25.3 Å². The van der Waals surface area contributed by atoms with Crippen molar-refractivity contribution >= 4 is 5.82 Å². The topological polar surface area (TPSA) is 51.8 Å². The molecule has 2 aromatic rings. The summed E-state index contributed by atoms with van der Waals surface area (Å²) in [6.07, 6.45) is 1.40. The van der Waals surface area contributed by atoms with Crippen LogP contribution in [0, 0.1) is 5.82 Å². The first-order chi connectivity index (χ1) is 8.09. The van der Waals surface area contributed by atoms with Crippen molar-refractivity contribution in [2.75, 3.05) is 5.73 Å². The molecule has 0 fully saturated rings. The van der Waals surface area contributed by atoms with Crippen LogP contribution in [0.2, 0.25) is 0 Å². The second-order valence-corrected chi connectivity index (χ2v) is 4.19. The van der Waals surface area contributed by atoms with E-state index in [0.29, 0.717) is 11.5 Å². The lowest BCUT2D eigenvalue weighted by Crippen LogP contribution is -2.04. The Morgan fingerprint density at radius 1 is 1.24 bits per heavy atom. The van der Waals surface area contributed by atoms with E-state index in [9.17, 15) is 4.39 Å². The number of aromatic nitrogens is 2. The number of hydrogen-bond donors (Lipinski definition) is 1. The zero-order valence-corrected chi connectivity index (χ0v) is 9.81. The number of nitrogens with two attached hydrogens (primary N) is 1. The molecule has 88 valence electrons. The van der Waals surface area contributed by atoms with Gasteiger partial charge in [0.2, 0.25) is 0 Å². The average Bonchev–Trinajstić information content (AvgIpc) is 2.28. The van der Waals surface area contributed by atoms with E-state index in [2.05, 4.69) is 9.97 Å². The van der Waals surface area contributed by atoms with E-state index in [1.54, 1.807) is 6.07 Å². The zero-order chi connectivity index (χ0) is 12.4. The molecule has 0 saturated heterocycles. The number of rotatable bonds is 2. The summed E-state index contributed by atoms with van der Waals surface area (Å²) in [6.45, 7) is 4.02. The van der Waals surface area contributed by atoms with Gasteiger partial charge >= 0.3 is 0 Å². The van der Waals surface area contributed by atoms with Gasteiger partial charge in [-0.3, -0.25) is 0 Å². The van der Waals surface area contributed by atoms with E-state index in [1.165, 1.54) is 18.5 Å². The maximum Gasteiger partial charge on any atom is 0.130 e. The lowest BCUT2D eigenvalue weighted by Gasteiger charge is -2.13. The molecule has 0 amide bonds. The molecule has 4 heteroatoms. The molecule has 0 atom stereocenters. The molecule has 2 rings (SSSR count). The molecule has 1 aromatic heterocycles. The Kier molecular flexibility index (Phi) is 3.04. The Morgan fingerprint density at radius 2 is 2.00 bits per heavy atom. The smallest absolute Gasteiger partial charge is 0.130 e. The number of nitrogen functional groups attached to an aromatic ring is 1. The molecule has 0 aliphatic heterocycles. The summed E-state index contributed by atoms with van der Waals surface area (Å²) in [6, 6.07) is 6.33. The summed E-state index contributed by atoms with van der Waals surface area (Å²) < 4.78 is 13.2. The van der Waals surface area contributed by atoms with Crippen LogP contribution < -0.4 is 5.73 Å². The number of nitrogens with zero attached hydrogens (tertiary/aromatic N) is 2. The summed E-state index contributed by atoms with van der Waals surface area (Å²) in [4.78, 5) is 8.20. The van der Waals surface area contributed by atoms with Crippen LogP contribution in [0.4, 0.5) is 10.2 Å². The van der Waals surface area contributed by atoms with Crippen molar-refractivity contribution in [2.24, 2.45) is 0 Å². The van der Waals surface area contributed by atoms with Gasteiger partial charge in [-0.15, -0.1) is 0 Å². The average molecular weight is 231 g/mol. The lowest BCUT2D eigenvalue weighted by atomic mass is 9.97. The third-order valence-electron chi connectivity index (χ3n) is 2.59. The largest absolute Gasteiger partial charge is 0.383 e. The van der Waals surface area contributed by atoms with Crippen molar-refractivity contribution in [1.29, 1.82) is 0 Å². The molecule has 0 aliphatic rings. The van der Waals surface area contributed by atoms with Crippen LogP contribution in [0.25, 0.3) is 11.3 Å². The highest BCUT2D eigenvalue weighted by Crippen LogP contribution is 2.30. The SMILES string of the molecule is CC(C)c1c(N)ncnc1-c1cccc(F)c1. The first-order valence-corrected chi connectivity index (χ1v) is 5.46. The minimum absolute atomic E-state index is 0.189. The van der Waals surface area contributed by atoms with Crippen molar-refractivity contribution in [1.82, 2.24) is 9.97 Å². The molecule has 17 heavy (non-hydrogen) atoms. The zero-order valence-electron chi connectivity index (χ0n) is 9.81. The van der Waals surface area contributed by atoms with Crippen LogP contribution in [0.5, 0.6) is 0 Å². The minimum Gasteiger partial charge on any atom is -0.383 e. The normalized spacial score (nSPS) is 10.8. The molecular formula is C13H14FN3. The number of halogens is 1. The lowest BCUT2D eigenvalue weighted by molar-refractivity contribution is 0.628. The summed E-state index contributed by atoms with van der Waals surface area (Å²) in [5.74, 6) is 0.359. The Morgan fingerprint density at radius 3 is 2.65 bits per heavy atom. The second-order valence-electron chi connectivity index (χ2n) is 4.19. The van der Waals surface area contributed by atoms with Crippen LogP contribution in [-0.4, -0.2) is 9.97 Å². The van der Waals surface area contributed by atoms with Crippen molar-refractivity contribution in [2.45, 2.75) is 19.8 Å². The summed E-state index contributed by atoms with van der Waals surface area (Å²) in [5, 5.41) is 0. The molecule has 1 aromatic carbocycles.